The third kappa shape index (κ3) is 4.58. The van der Waals surface area contributed by atoms with Gasteiger partial charge in [0.15, 0.2) is 0 Å². The van der Waals surface area contributed by atoms with Crippen LogP contribution in [0.25, 0.3) is 0 Å². The van der Waals surface area contributed by atoms with Crippen molar-refractivity contribution in [2.75, 3.05) is 0 Å². The molecule has 0 fully saturated rings. The molecule has 1 atom stereocenters. The number of hydrogen-bond donors (Lipinski definition) is 1. The Morgan fingerprint density at radius 1 is 1.05 bits per heavy atom. The summed E-state index contributed by atoms with van der Waals surface area (Å²) in [5.74, 6) is 2.25. The lowest BCUT2D eigenvalue weighted by Crippen LogP contribution is -2.18. The molecule has 2 nitrogen and oxygen atoms in total. The smallest absolute Gasteiger partial charge is 0.130 e. The Morgan fingerprint density at radius 3 is 2.29 bits per heavy atom. The summed E-state index contributed by atoms with van der Waals surface area (Å²) >= 11 is 3.50. The molecule has 0 spiro atoms. The van der Waals surface area contributed by atoms with Crippen molar-refractivity contribution in [3.8, 4) is 11.5 Å². The minimum absolute atomic E-state index is 0.102. The van der Waals surface area contributed by atoms with Crippen LogP contribution in [-0.2, 0) is 6.42 Å². The number of halogens is 1. The molecule has 0 bridgehead atoms. The summed E-state index contributed by atoms with van der Waals surface area (Å²) in [5, 5.41) is 0. The van der Waals surface area contributed by atoms with E-state index in [4.69, 9.17) is 10.5 Å². The summed E-state index contributed by atoms with van der Waals surface area (Å²) in [5.41, 5.74) is 8.35. The topological polar surface area (TPSA) is 35.2 Å². The van der Waals surface area contributed by atoms with Crippen LogP contribution in [0.2, 0.25) is 0 Å². The summed E-state index contributed by atoms with van der Waals surface area (Å²) in [6, 6.07) is 14.4. The molecule has 21 heavy (non-hydrogen) atoms. The molecule has 0 aliphatic heterocycles. The first-order chi connectivity index (χ1) is 9.95. The van der Waals surface area contributed by atoms with E-state index in [2.05, 4.69) is 48.0 Å². The van der Waals surface area contributed by atoms with Crippen LogP contribution in [0.5, 0.6) is 11.5 Å². The van der Waals surface area contributed by atoms with Gasteiger partial charge in [-0.15, -0.1) is 0 Å². The van der Waals surface area contributed by atoms with Gasteiger partial charge in [-0.2, -0.15) is 0 Å². The molecule has 0 aliphatic rings. The van der Waals surface area contributed by atoms with E-state index in [1.807, 2.05) is 31.2 Å². The zero-order chi connectivity index (χ0) is 15.4. The van der Waals surface area contributed by atoms with Gasteiger partial charge in [0.25, 0.3) is 0 Å². The molecule has 2 aromatic rings. The van der Waals surface area contributed by atoms with E-state index in [1.165, 1.54) is 5.56 Å². The molecular formula is C18H22BrNO. The normalized spacial score (nSPS) is 12.5. The van der Waals surface area contributed by atoms with Crippen LogP contribution in [0.1, 0.15) is 37.8 Å². The first kappa shape index (κ1) is 16.1. The molecule has 1 unspecified atom stereocenters. The fourth-order valence-electron chi connectivity index (χ4n) is 2.20. The molecule has 2 rings (SSSR count). The van der Waals surface area contributed by atoms with E-state index in [0.29, 0.717) is 5.92 Å². The fraction of sp³-hybridized carbons (Fsp3) is 0.333. The molecule has 2 N–H and O–H groups in total. The predicted octanol–water partition coefficient (Wildman–Crippen LogP) is 5.25. The van der Waals surface area contributed by atoms with Crippen molar-refractivity contribution in [3.63, 3.8) is 0 Å². The van der Waals surface area contributed by atoms with Crippen LogP contribution in [0.3, 0.4) is 0 Å². The SMILES string of the molecule is CC(N)Cc1cc(Br)ccc1Oc1ccc(C(C)C)cc1. The third-order valence-corrected chi connectivity index (χ3v) is 3.83. The zero-order valence-electron chi connectivity index (χ0n) is 12.8. The molecule has 3 heteroatoms. The Hall–Kier alpha value is -1.32. The van der Waals surface area contributed by atoms with Crippen molar-refractivity contribution in [2.45, 2.75) is 39.2 Å². The van der Waals surface area contributed by atoms with Gasteiger partial charge in [-0.25, -0.2) is 0 Å². The second-order valence-corrected chi connectivity index (χ2v) is 6.67. The van der Waals surface area contributed by atoms with Crippen molar-refractivity contribution in [1.29, 1.82) is 0 Å². The fourth-order valence-corrected chi connectivity index (χ4v) is 2.61. The van der Waals surface area contributed by atoms with E-state index in [0.717, 1.165) is 28.0 Å². The second-order valence-electron chi connectivity index (χ2n) is 5.76. The van der Waals surface area contributed by atoms with Gasteiger partial charge in [-0.05, 0) is 60.7 Å². The van der Waals surface area contributed by atoms with Gasteiger partial charge in [0.2, 0.25) is 0 Å². The highest BCUT2D eigenvalue weighted by Gasteiger charge is 2.08. The average Bonchev–Trinajstić information content (AvgIpc) is 2.42. The Kier molecular flexibility index (Phi) is 5.43. The van der Waals surface area contributed by atoms with Crippen molar-refractivity contribution < 1.29 is 4.74 Å². The van der Waals surface area contributed by atoms with Crippen LogP contribution < -0.4 is 10.5 Å². The molecular weight excluding hydrogens is 326 g/mol. The molecule has 0 heterocycles. The number of nitrogens with two attached hydrogens (primary N) is 1. The molecule has 2 aromatic carbocycles. The Balaban J connectivity index is 2.22. The van der Waals surface area contributed by atoms with Crippen LogP contribution >= 0.6 is 15.9 Å². The summed E-state index contributed by atoms with van der Waals surface area (Å²) in [6.45, 7) is 6.37. The van der Waals surface area contributed by atoms with Crippen LogP contribution in [0.4, 0.5) is 0 Å². The minimum atomic E-state index is 0.102. The molecule has 0 radical (unpaired) electrons. The predicted molar refractivity (Wildman–Crippen MR) is 92.1 cm³/mol. The quantitative estimate of drug-likeness (QED) is 0.800. The van der Waals surface area contributed by atoms with Crippen molar-refractivity contribution in [2.24, 2.45) is 5.73 Å². The molecule has 112 valence electrons. The monoisotopic (exact) mass is 347 g/mol. The van der Waals surface area contributed by atoms with Crippen molar-refractivity contribution in [1.82, 2.24) is 0 Å². The first-order valence-corrected chi connectivity index (χ1v) is 8.07. The maximum Gasteiger partial charge on any atom is 0.130 e. The number of rotatable bonds is 5. The number of hydrogen-bond acceptors (Lipinski definition) is 2. The number of benzene rings is 2. The van der Waals surface area contributed by atoms with Crippen molar-refractivity contribution >= 4 is 15.9 Å². The Labute approximate surface area is 135 Å². The highest BCUT2D eigenvalue weighted by Crippen LogP contribution is 2.29. The molecule has 0 saturated heterocycles. The van der Waals surface area contributed by atoms with E-state index < -0.39 is 0 Å². The summed E-state index contributed by atoms with van der Waals surface area (Å²) in [6.07, 6.45) is 0.791. The van der Waals surface area contributed by atoms with E-state index in [-0.39, 0.29) is 6.04 Å². The maximum absolute atomic E-state index is 6.02. The van der Waals surface area contributed by atoms with Crippen molar-refractivity contribution in [3.05, 3.63) is 58.1 Å². The van der Waals surface area contributed by atoms with Gasteiger partial charge in [-0.3, -0.25) is 0 Å². The average molecular weight is 348 g/mol. The van der Waals surface area contributed by atoms with E-state index >= 15 is 0 Å². The lowest BCUT2D eigenvalue weighted by atomic mass is 10.0. The standard InChI is InChI=1S/C18H22BrNO/c1-12(2)14-4-7-17(8-5-14)21-18-9-6-16(19)11-15(18)10-13(3)20/h4-9,11-13H,10,20H2,1-3H3. The largest absolute Gasteiger partial charge is 0.457 e. The molecule has 0 aromatic heterocycles. The number of ether oxygens (including phenoxy) is 1. The molecule has 0 aliphatic carbocycles. The van der Waals surface area contributed by atoms with E-state index in [1.54, 1.807) is 0 Å². The maximum atomic E-state index is 6.02. The van der Waals surface area contributed by atoms with Gasteiger partial charge in [-0.1, -0.05) is 41.9 Å². The summed E-state index contributed by atoms with van der Waals surface area (Å²) in [7, 11) is 0. The van der Waals surface area contributed by atoms with Crippen LogP contribution in [0.15, 0.2) is 46.9 Å². The van der Waals surface area contributed by atoms with Gasteiger partial charge < -0.3 is 10.5 Å². The summed E-state index contributed by atoms with van der Waals surface area (Å²) in [4.78, 5) is 0. The highest BCUT2D eigenvalue weighted by molar-refractivity contribution is 9.10. The Bertz CT molecular complexity index is 591. The highest BCUT2D eigenvalue weighted by atomic mass is 79.9. The zero-order valence-corrected chi connectivity index (χ0v) is 14.4. The molecule has 0 amide bonds. The lowest BCUT2D eigenvalue weighted by Gasteiger charge is -2.14. The second kappa shape index (κ2) is 7.10. The molecule has 0 saturated carbocycles. The van der Waals surface area contributed by atoms with Gasteiger partial charge in [0, 0.05) is 10.5 Å². The minimum Gasteiger partial charge on any atom is -0.457 e. The first-order valence-electron chi connectivity index (χ1n) is 7.27. The van der Waals surface area contributed by atoms with Gasteiger partial charge in [0.1, 0.15) is 11.5 Å². The van der Waals surface area contributed by atoms with E-state index in [9.17, 15) is 0 Å². The van der Waals surface area contributed by atoms with Crippen LogP contribution in [-0.4, -0.2) is 6.04 Å². The van der Waals surface area contributed by atoms with Gasteiger partial charge >= 0.3 is 0 Å². The third-order valence-electron chi connectivity index (χ3n) is 3.34. The van der Waals surface area contributed by atoms with Crippen LogP contribution in [0, 0.1) is 0 Å². The lowest BCUT2D eigenvalue weighted by molar-refractivity contribution is 0.473. The van der Waals surface area contributed by atoms with Gasteiger partial charge in [0.05, 0.1) is 0 Å². The Morgan fingerprint density at radius 2 is 1.71 bits per heavy atom. The summed E-state index contributed by atoms with van der Waals surface area (Å²) < 4.78 is 7.07.